The second-order valence-electron chi connectivity index (χ2n) is 3.39. The highest BCUT2D eigenvalue weighted by atomic mass is 27.0. The van der Waals surface area contributed by atoms with Crippen molar-refractivity contribution in [2.45, 2.75) is 52.7 Å². The van der Waals surface area contributed by atoms with Gasteiger partial charge in [0, 0.05) is 0 Å². The molecule has 0 aromatic carbocycles. The molecular formula is C11H25AlO3. The van der Waals surface area contributed by atoms with Crippen LogP contribution in [0.2, 0.25) is 0 Å². The van der Waals surface area contributed by atoms with Gasteiger partial charge in [-0.1, -0.05) is 26.7 Å². The topological polar surface area (TPSA) is 35.5 Å². The lowest BCUT2D eigenvalue weighted by Gasteiger charge is -2.15. The molecule has 0 atom stereocenters. The molecule has 0 aliphatic carbocycles. The van der Waals surface area contributed by atoms with E-state index in [0.29, 0.717) is 13.2 Å². The van der Waals surface area contributed by atoms with Crippen LogP contribution in [0.15, 0.2) is 0 Å². The lowest BCUT2D eigenvalue weighted by Crippen LogP contribution is -2.26. The largest absolute Gasteiger partial charge is 0.346 e. The standard InChI is InChI=1S/C11H22O3.Al.3H/c1-4-6-8-13-11(10(3)12)14-9-7-5-2;;;;/h11H,4-9H2,1-3H3;;;;. The molecule has 0 amide bonds. The summed E-state index contributed by atoms with van der Waals surface area (Å²) in [4.78, 5) is 11.1. The van der Waals surface area contributed by atoms with Gasteiger partial charge in [-0.15, -0.1) is 0 Å². The monoisotopic (exact) mass is 232 g/mol. The van der Waals surface area contributed by atoms with E-state index in [9.17, 15) is 4.79 Å². The van der Waals surface area contributed by atoms with Crippen LogP contribution in [0.4, 0.5) is 0 Å². The Kier molecular flexibility index (Phi) is 14.2. The van der Waals surface area contributed by atoms with Crippen LogP contribution in [0, 0.1) is 0 Å². The summed E-state index contributed by atoms with van der Waals surface area (Å²) in [7, 11) is 0. The minimum atomic E-state index is -0.645. The Balaban J connectivity index is 0. The number of rotatable bonds is 9. The van der Waals surface area contributed by atoms with Crippen molar-refractivity contribution in [1.29, 1.82) is 0 Å². The van der Waals surface area contributed by atoms with Crippen molar-refractivity contribution in [3.8, 4) is 0 Å². The lowest BCUT2D eigenvalue weighted by molar-refractivity contribution is -0.168. The molecule has 0 spiro atoms. The summed E-state index contributed by atoms with van der Waals surface area (Å²) in [6.07, 6.45) is 3.44. The van der Waals surface area contributed by atoms with E-state index in [2.05, 4.69) is 13.8 Å². The number of hydrogen-bond acceptors (Lipinski definition) is 3. The van der Waals surface area contributed by atoms with E-state index in [1.54, 1.807) is 0 Å². The molecule has 0 aromatic heterocycles. The van der Waals surface area contributed by atoms with E-state index >= 15 is 0 Å². The van der Waals surface area contributed by atoms with Crippen LogP contribution in [0.5, 0.6) is 0 Å². The fourth-order valence-corrected chi connectivity index (χ4v) is 0.952. The lowest BCUT2D eigenvalue weighted by atomic mass is 10.3. The quantitative estimate of drug-likeness (QED) is 0.342. The molecule has 15 heavy (non-hydrogen) atoms. The molecule has 0 rings (SSSR count). The van der Waals surface area contributed by atoms with E-state index in [1.807, 2.05) is 0 Å². The van der Waals surface area contributed by atoms with Crippen molar-refractivity contribution in [3.05, 3.63) is 0 Å². The fraction of sp³-hybridized carbons (Fsp3) is 0.909. The van der Waals surface area contributed by atoms with Gasteiger partial charge in [0.05, 0.1) is 13.2 Å². The average Bonchev–Trinajstić information content (AvgIpc) is 2.15. The molecular weight excluding hydrogens is 207 g/mol. The fourth-order valence-electron chi connectivity index (χ4n) is 0.952. The minimum Gasteiger partial charge on any atom is -0.346 e. The third kappa shape index (κ3) is 10.4. The second kappa shape index (κ2) is 12.2. The molecule has 0 radical (unpaired) electrons. The molecule has 0 fully saturated rings. The van der Waals surface area contributed by atoms with Gasteiger partial charge >= 0.3 is 0 Å². The molecule has 0 heterocycles. The number of unbranched alkanes of at least 4 members (excludes halogenated alkanes) is 2. The molecule has 0 bridgehead atoms. The van der Waals surface area contributed by atoms with Gasteiger partial charge in [-0.3, -0.25) is 4.79 Å². The zero-order chi connectivity index (χ0) is 10.8. The summed E-state index contributed by atoms with van der Waals surface area (Å²) in [5, 5.41) is 0. The van der Waals surface area contributed by atoms with Crippen molar-refractivity contribution in [3.63, 3.8) is 0 Å². The molecule has 0 aromatic rings. The van der Waals surface area contributed by atoms with Crippen LogP contribution in [-0.4, -0.2) is 42.6 Å². The molecule has 90 valence electrons. The zero-order valence-electron chi connectivity index (χ0n) is 9.54. The Morgan fingerprint density at radius 3 is 1.73 bits per heavy atom. The summed E-state index contributed by atoms with van der Waals surface area (Å²) in [5.74, 6) is -0.0443. The van der Waals surface area contributed by atoms with Gasteiger partial charge in [-0.05, 0) is 19.8 Å². The average molecular weight is 232 g/mol. The first-order chi connectivity index (χ1) is 6.72. The van der Waals surface area contributed by atoms with Crippen LogP contribution in [0.3, 0.4) is 0 Å². The molecule has 0 aliphatic rings. The van der Waals surface area contributed by atoms with E-state index < -0.39 is 6.29 Å². The van der Waals surface area contributed by atoms with Crippen molar-refractivity contribution in [2.75, 3.05) is 13.2 Å². The molecule has 0 unspecified atom stereocenters. The van der Waals surface area contributed by atoms with Gasteiger partial charge in [-0.2, -0.15) is 0 Å². The summed E-state index contributed by atoms with van der Waals surface area (Å²) in [5.41, 5.74) is 0. The van der Waals surface area contributed by atoms with Crippen molar-refractivity contribution < 1.29 is 14.3 Å². The molecule has 3 nitrogen and oxygen atoms in total. The highest BCUT2D eigenvalue weighted by Gasteiger charge is 2.13. The Labute approximate surface area is 104 Å². The summed E-state index contributed by atoms with van der Waals surface area (Å²) < 4.78 is 10.6. The molecule has 0 N–H and O–H groups in total. The Hall–Kier alpha value is 0.122. The van der Waals surface area contributed by atoms with Crippen LogP contribution < -0.4 is 0 Å². The van der Waals surface area contributed by atoms with E-state index in [4.69, 9.17) is 9.47 Å². The highest BCUT2D eigenvalue weighted by Crippen LogP contribution is 2.01. The highest BCUT2D eigenvalue weighted by molar-refractivity contribution is 5.79. The number of ether oxygens (including phenoxy) is 2. The summed E-state index contributed by atoms with van der Waals surface area (Å²) in [6, 6.07) is 0. The van der Waals surface area contributed by atoms with Gasteiger partial charge in [0.15, 0.2) is 23.1 Å². The van der Waals surface area contributed by atoms with Gasteiger partial charge in [0.1, 0.15) is 0 Å². The normalized spacial score (nSPS) is 10.1. The van der Waals surface area contributed by atoms with E-state index in [1.165, 1.54) is 6.92 Å². The summed E-state index contributed by atoms with van der Waals surface area (Å²) in [6.45, 7) is 6.89. The maximum atomic E-state index is 11.1. The predicted molar refractivity (Wildman–Crippen MR) is 66.1 cm³/mol. The van der Waals surface area contributed by atoms with Crippen LogP contribution in [0.25, 0.3) is 0 Å². The van der Waals surface area contributed by atoms with Gasteiger partial charge < -0.3 is 9.47 Å². The van der Waals surface area contributed by atoms with Crippen LogP contribution >= 0.6 is 0 Å². The van der Waals surface area contributed by atoms with Crippen molar-refractivity contribution >= 4 is 23.1 Å². The Morgan fingerprint density at radius 1 is 1.07 bits per heavy atom. The number of carbonyl (C=O) groups is 1. The first-order valence-electron chi connectivity index (χ1n) is 5.46. The first-order valence-corrected chi connectivity index (χ1v) is 5.46. The molecule has 0 saturated carbocycles. The molecule has 0 saturated heterocycles. The predicted octanol–water partition coefficient (Wildman–Crippen LogP) is 1.35. The van der Waals surface area contributed by atoms with Gasteiger partial charge in [0.2, 0.25) is 6.29 Å². The van der Waals surface area contributed by atoms with E-state index in [0.717, 1.165) is 25.7 Å². The zero-order valence-corrected chi connectivity index (χ0v) is 9.54. The van der Waals surface area contributed by atoms with Gasteiger partial charge in [0.25, 0.3) is 0 Å². The third-order valence-corrected chi connectivity index (χ3v) is 1.87. The maximum absolute atomic E-state index is 11.1. The second-order valence-corrected chi connectivity index (χ2v) is 3.39. The maximum Gasteiger partial charge on any atom is 0.217 e. The van der Waals surface area contributed by atoms with Crippen molar-refractivity contribution in [2.24, 2.45) is 0 Å². The Morgan fingerprint density at radius 2 is 1.47 bits per heavy atom. The number of hydrogen-bond donors (Lipinski definition) is 0. The Bertz CT molecular complexity index is 141. The molecule has 0 aliphatic heterocycles. The SMILES string of the molecule is CCCCOC(OCCCC)C(C)=O.[AlH3]. The van der Waals surface area contributed by atoms with Crippen LogP contribution in [0.1, 0.15) is 46.5 Å². The van der Waals surface area contributed by atoms with Crippen LogP contribution in [-0.2, 0) is 14.3 Å². The molecule has 4 heteroatoms. The first kappa shape index (κ1) is 17.5. The van der Waals surface area contributed by atoms with Crippen molar-refractivity contribution in [1.82, 2.24) is 0 Å². The van der Waals surface area contributed by atoms with Gasteiger partial charge in [-0.25, -0.2) is 0 Å². The number of Topliss-reactive ketones (excluding diaryl/α,β-unsaturated/α-hetero) is 1. The third-order valence-electron chi connectivity index (χ3n) is 1.87. The number of carbonyl (C=O) groups excluding carboxylic acids is 1. The smallest absolute Gasteiger partial charge is 0.217 e. The van der Waals surface area contributed by atoms with E-state index in [-0.39, 0.29) is 23.1 Å². The minimum absolute atomic E-state index is 0. The number of ketones is 1. The summed E-state index contributed by atoms with van der Waals surface area (Å²) >= 11 is 0.